The fraction of sp³-hybridized carbons (Fsp3) is 0.389. The molecule has 2 aromatic rings. The van der Waals surface area contributed by atoms with Crippen LogP contribution in [0.1, 0.15) is 35.5 Å². The van der Waals surface area contributed by atoms with Gasteiger partial charge in [0.2, 0.25) is 5.91 Å². The second-order valence-corrected chi connectivity index (χ2v) is 7.09. The van der Waals surface area contributed by atoms with E-state index in [0.717, 1.165) is 23.4 Å². The van der Waals surface area contributed by atoms with Gasteiger partial charge in [0.05, 0.1) is 17.1 Å². The molecule has 1 aromatic carbocycles. The molecule has 0 saturated carbocycles. The van der Waals surface area contributed by atoms with Crippen molar-refractivity contribution in [2.45, 2.75) is 38.1 Å². The molecule has 0 aliphatic carbocycles. The third-order valence-electron chi connectivity index (χ3n) is 4.31. The van der Waals surface area contributed by atoms with Crippen LogP contribution in [0.5, 0.6) is 0 Å². The summed E-state index contributed by atoms with van der Waals surface area (Å²) in [5.74, 6) is -1.40. The summed E-state index contributed by atoms with van der Waals surface area (Å²) in [6.45, 7) is 0.488. The van der Waals surface area contributed by atoms with E-state index in [1.165, 1.54) is 28.4 Å². The lowest BCUT2D eigenvalue weighted by Crippen LogP contribution is -2.48. The highest BCUT2D eigenvalue weighted by molar-refractivity contribution is 7.09. The lowest BCUT2D eigenvalue weighted by molar-refractivity contribution is -0.151. The van der Waals surface area contributed by atoms with E-state index in [9.17, 15) is 19.1 Å². The molecule has 7 heteroatoms. The van der Waals surface area contributed by atoms with Crippen molar-refractivity contribution in [1.82, 2.24) is 9.88 Å². The largest absolute Gasteiger partial charge is 0.480 e. The van der Waals surface area contributed by atoms with E-state index in [2.05, 4.69) is 4.98 Å². The fourth-order valence-electron chi connectivity index (χ4n) is 3.03. The van der Waals surface area contributed by atoms with Crippen LogP contribution in [0.2, 0.25) is 0 Å². The number of aromatic nitrogens is 1. The lowest BCUT2D eigenvalue weighted by Gasteiger charge is -2.32. The molecule has 1 amide bonds. The number of likely N-dealkylation sites (tertiary alicyclic amines) is 1. The molecule has 5 nitrogen and oxygen atoms in total. The van der Waals surface area contributed by atoms with Crippen LogP contribution in [0.15, 0.2) is 29.6 Å². The number of carbonyl (C=O) groups excluding carboxylic acids is 1. The zero-order valence-electron chi connectivity index (χ0n) is 13.7. The summed E-state index contributed by atoms with van der Waals surface area (Å²) in [7, 11) is 0. The molecular weight excluding hydrogens is 343 g/mol. The van der Waals surface area contributed by atoms with Crippen molar-refractivity contribution in [2.75, 3.05) is 6.54 Å². The number of hydrogen-bond acceptors (Lipinski definition) is 4. The first-order chi connectivity index (χ1) is 12.0. The van der Waals surface area contributed by atoms with Gasteiger partial charge in [0.25, 0.3) is 0 Å². The zero-order valence-corrected chi connectivity index (χ0v) is 14.5. The van der Waals surface area contributed by atoms with Gasteiger partial charge in [-0.1, -0.05) is 12.1 Å². The summed E-state index contributed by atoms with van der Waals surface area (Å²) in [6, 6.07) is 5.53. The molecule has 1 aliphatic heterocycles. The molecule has 1 saturated heterocycles. The van der Waals surface area contributed by atoms with Gasteiger partial charge in [-0.05, 0) is 37.0 Å². The maximum absolute atomic E-state index is 12.9. The predicted octanol–water partition coefficient (Wildman–Crippen LogP) is 2.88. The maximum Gasteiger partial charge on any atom is 0.326 e. The molecule has 1 aliphatic rings. The van der Waals surface area contributed by atoms with Crippen molar-refractivity contribution >= 4 is 23.2 Å². The Hall–Kier alpha value is -2.28. The number of rotatable bonds is 5. The number of benzene rings is 1. The first kappa shape index (κ1) is 17.5. The maximum atomic E-state index is 12.9. The third-order valence-corrected chi connectivity index (χ3v) is 5.21. The van der Waals surface area contributed by atoms with Crippen molar-refractivity contribution < 1.29 is 19.1 Å². The topological polar surface area (TPSA) is 70.5 Å². The minimum absolute atomic E-state index is 0.115. The minimum Gasteiger partial charge on any atom is -0.480 e. The second-order valence-electron chi connectivity index (χ2n) is 6.15. The number of halogens is 1. The normalized spacial score (nSPS) is 17.5. The van der Waals surface area contributed by atoms with Gasteiger partial charge < -0.3 is 10.0 Å². The molecule has 0 bridgehead atoms. The van der Waals surface area contributed by atoms with Crippen molar-refractivity contribution in [3.8, 4) is 0 Å². The van der Waals surface area contributed by atoms with Gasteiger partial charge in [-0.15, -0.1) is 11.3 Å². The Morgan fingerprint density at radius 1 is 1.28 bits per heavy atom. The molecule has 1 atom stereocenters. The molecule has 1 fully saturated rings. The van der Waals surface area contributed by atoms with Gasteiger partial charge in [0.15, 0.2) is 0 Å². The molecule has 132 valence electrons. The van der Waals surface area contributed by atoms with Crippen LogP contribution >= 0.6 is 11.3 Å². The second kappa shape index (κ2) is 7.74. The summed E-state index contributed by atoms with van der Waals surface area (Å²) in [4.78, 5) is 29.7. The molecule has 0 radical (unpaired) electrons. The van der Waals surface area contributed by atoms with Crippen molar-refractivity contribution in [2.24, 2.45) is 0 Å². The molecule has 1 aromatic heterocycles. The zero-order chi connectivity index (χ0) is 17.8. The van der Waals surface area contributed by atoms with Gasteiger partial charge in [-0.25, -0.2) is 14.2 Å². The number of carbonyl (C=O) groups is 2. The SMILES string of the molecule is O=C(O)C1CCCCN1C(=O)Cc1csc(Cc2ccc(F)cc2)n1. The highest BCUT2D eigenvalue weighted by Crippen LogP contribution is 2.20. The average molecular weight is 362 g/mol. The van der Waals surface area contributed by atoms with Crippen LogP contribution in [0.4, 0.5) is 4.39 Å². The molecule has 25 heavy (non-hydrogen) atoms. The van der Waals surface area contributed by atoms with Crippen molar-refractivity contribution in [1.29, 1.82) is 0 Å². The first-order valence-electron chi connectivity index (χ1n) is 8.23. The average Bonchev–Trinajstić information content (AvgIpc) is 3.03. The summed E-state index contributed by atoms with van der Waals surface area (Å²) in [5.41, 5.74) is 1.61. The van der Waals surface area contributed by atoms with E-state index in [1.54, 1.807) is 12.1 Å². The summed E-state index contributed by atoms with van der Waals surface area (Å²) in [6.07, 6.45) is 2.87. The first-order valence-corrected chi connectivity index (χ1v) is 9.11. The highest BCUT2D eigenvalue weighted by atomic mass is 32.1. The Kier molecular flexibility index (Phi) is 5.43. The van der Waals surface area contributed by atoms with Gasteiger partial charge >= 0.3 is 5.97 Å². The van der Waals surface area contributed by atoms with E-state index in [0.29, 0.717) is 25.1 Å². The number of amides is 1. The molecule has 2 heterocycles. The van der Waals surface area contributed by atoms with Gasteiger partial charge in [0.1, 0.15) is 11.9 Å². The highest BCUT2D eigenvalue weighted by Gasteiger charge is 2.31. The van der Waals surface area contributed by atoms with Crippen LogP contribution in [0.25, 0.3) is 0 Å². The molecule has 0 spiro atoms. The number of thiazole rings is 1. The number of aliphatic carboxylic acids is 1. The van der Waals surface area contributed by atoms with Gasteiger partial charge in [-0.3, -0.25) is 4.79 Å². The third kappa shape index (κ3) is 4.42. The van der Waals surface area contributed by atoms with Crippen LogP contribution < -0.4 is 0 Å². The molecule has 1 unspecified atom stereocenters. The van der Waals surface area contributed by atoms with E-state index in [-0.39, 0.29) is 18.1 Å². The monoisotopic (exact) mass is 362 g/mol. The van der Waals surface area contributed by atoms with E-state index in [4.69, 9.17) is 0 Å². The quantitative estimate of drug-likeness (QED) is 0.888. The Balaban J connectivity index is 1.63. The van der Waals surface area contributed by atoms with Gasteiger partial charge in [-0.2, -0.15) is 0 Å². The predicted molar refractivity (Wildman–Crippen MR) is 92.0 cm³/mol. The number of nitrogens with zero attached hydrogens (tertiary/aromatic N) is 2. The van der Waals surface area contributed by atoms with Crippen molar-refractivity contribution in [3.05, 3.63) is 51.7 Å². The van der Waals surface area contributed by atoms with E-state index >= 15 is 0 Å². The van der Waals surface area contributed by atoms with Gasteiger partial charge in [0, 0.05) is 18.3 Å². The lowest BCUT2D eigenvalue weighted by atomic mass is 10.0. The Morgan fingerprint density at radius 2 is 2.04 bits per heavy atom. The smallest absolute Gasteiger partial charge is 0.326 e. The Morgan fingerprint density at radius 3 is 2.76 bits per heavy atom. The number of hydrogen-bond donors (Lipinski definition) is 1. The number of carboxylic acid groups (broad SMARTS) is 1. The van der Waals surface area contributed by atoms with E-state index < -0.39 is 12.0 Å². The van der Waals surface area contributed by atoms with Crippen LogP contribution in [0.3, 0.4) is 0 Å². The number of piperidine rings is 1. The van der Waals surface area contributed by atoms with Crippen LogP contribution in [-0.2, 0) is 22.4 Å². The molecular formula is C18H19FN2O3S. The van der Waals surface area contributed by atoms with Crippen LogP contribution in [-0.4, -0.2) is 39.5 Å². The van der Waals surface area contributed by atoms with Crippen molar-refractivity contribution in [3.63, 3.8) is 0 Å². The molecule has 1 N–H and O–H groups in total. The summed E-state index contributed by atoms with van der Waals surface area (Å²) >= 11 is 1.45. The van der Waals surface area contributed by atoms with E-state index in [1.807, 2.05) is 5.38 Å². The molecule has 3 rings (SSSR count). The van der Waals surface area contributed by atoms with Crippen LogP contribution in [0, 0.1) is 5.82 Å². The number of carboxylic acids is 1. The summed E-state index contributed by atoms with van der Waals surface area (Å²) < 4.78 is 12.9. The Labute approximate surface area is 149 Å². The minimum atomic E-state index is -0.941. The standard InChI is InChI=1S/C18H19FN2O3S/c19-13-6-4-12(5-7-13)9-16-20-14(11-25-16)10-17(22)21-8-2-1-3-15(21)18(23)24/h4-7,11,15H,1-3,8-10H2,(H,23,24). The Bertz CT molecular complexity index is 760. The summed E-state index contributed by atoms with van der Waals surface area (Å²) in [5, 5.41) is 12.0. The fourth-order valence-corrected chi connectivity index (χ4v) is 3.86.